The van der Waals surface area contributed by atoms with Crippen LogP contribution in [0.15, 0.2) is 23.5 Å². The molecule has 0 unspecified atom stereocenters. The van der Waals surface area contributed by atoms with Crippen LogP contribution in [0.3, 0.4) is 0 Å². The van der Waals surface area contributed by atoms with Crippen LogP contribution in [0, 0.1) is 11.5 Å². The topological polar surface area (TPSA) is 96.1 Å². The van der Waals surface area contributed by atoms with E-state index in [-0.39, 0.29) is 0 Å². The second kappa shape index (κ2) is 8.40. The van der Waals surface area contributed by atoms with Crippen LogP contribution in [-0.4, -0.2) is 67.9 Å². The number of benzene rings is 1. The molecule has 0 aliphatic carbocycles. The summed E-state index contributed by atoms with van der Waals surface area (Å²) in [6, 6.07) is 4.12. The molecule has 1 aliphatic rings. The van der Waals surface area contributed by atoms with Crippen LogP contribution in [-0.2, 0) is 4.74 Å². The zero-order valence-corrected chi connectivity index (χ0v) is 15.7. The van der Waals surface area contributed by atoms with Crippen LogP contribution < -0.4 is 14.4 Å². The van der Waals surface area contributed by atoms with E-state index in [4.69, 9.17) is 19.5 Å². The molecule has 1 aromatic heterocycles. The summed E-state index contributed by atoms with van der Waals surface area (Å²) < 4.78 is 16.2. The number of aliphatic imine (C=N–C) groups is 1. The minimum atomic E-state index is 0.374. The van der Waals surface area contributed by atoms with Crippen molar-refractivity contribution in [1.82, 2.24) is 14.9 Å². The Balaban J connectivity index is 1.85. The molecule has 1 saturated heterocycles. The molecule has 1 aliphatic heterocycles. The van der Waals surface area contributed by atoms with Gasteiger partial charge in [0.1, 0.15) is 12.1 Å². The molecule has 2 heterocycles. The summed E-state index contributed by atoms with van der Waals surface area (Å²) >= 11 is 0. The fraction of sp³-hybridized carbons (Fsp3) is 0.444. The first-order valence-electron chi connectivity index (χ1n) is 8.68. The Morgan fingerprint density at radius 3 is 2.48 bits per heavy atom. The third-order valence-electron chi connectivity index (χ3n) is 4.39. The Labute approximate surface area is 157 Å². The third-order valence-corrected chi connectivity index (χ3v) is 4.39. The van der Waals surface area contributed by atoms with E-state index in [1.54, 1.807) is 26.7 Å². The highest BCUT2D eigenvalue weighted by molar-refractivity contribution is 5.92. The maximum absolute atomic E-state index is 8.84. The number of methoxy groups -OCH3 is 2. The monoisotopic (exact) mass is 370 g/mol. The van der Waals surface area contributed by atoms with Gasteiger partial charge in [-0.1, -0.05) is 0 Å². The number of fused-ring (bicyclic) bond motifs is 1. The lowest BCUT2D eigenvalue weighted by Crippen LogP contribution is -2.49. The number of piperazine rings is 1. The van der Waals surface area contributed by atoms with Gasteiger partial charge in [-0.15, -0.1) is 4.99 Å². The predicted octanol–water partition coefficient (Wildman–Crippen LogP) is 1.64. The van der Waals surface area contributed by atoms with Gasteiger partial charge < -0.3 is 24.0 Å². The maximum atomic E-state index is 8.84. The second-order valence-corrected chi connectivity index (χ2v) is 5.82. The number of hydrogen-bond acceptors (Lipinski definition) is 8. The van der Waals surface area contributed by atoms with Crippen molar-refractivity contribution >= 4 is 22.7 Å². The summed E-state index contributed by atoms with van der Waals surface area (Å²) in [4.78, 5) is 16.8. The van der Waals surface area contributed by atoms with Crippen LogP contribution in [0.2, 0.25) is 0 Å². The molecule has 0 amide bonds. The molecule has 0 saturated carbocycles. The Kier molecular flexibility index (Phi) is 5.76. The maximum Gasteiger partial charge on any atom is 0.302 e. The number of hydrogen-bond donors (Lipinski definition) is 0. The van der Waals surface area contributed by atoms with E-state index in [9.17, 15) is 0 Å². The number of anilines is 1. The van der Waals surface area contributed by atoms with Gasteiger partial charge in [0, 0.05) is 37.6 Å². The van der Waals surface area contributed by atoms with Gasteiger partial charge >= 0.3 is 6.02 Å². The van der Waals surface area contributed by atoms with Gasteiger partial charge in [0.05, 0.1) is 26.3 Å². The molecule has 27 heavy (non-hydrogen) atoms. The average Bonchev–Trinajstić information content (AvgIpc) is 2.72. The van der Waals surface area contributed by atoms with Crippen molar-refractivity contribution in [3.63, 3.8) is 0 Å². The van der Waals surface area contributed by atoms with Gasteiger partial charge in [-0.05, 0) is 13.0 Å². The Morgan fingerprint density at radius 2 is 1.85 bits per heavy atom. The Bertz CT molecular complexity index is 871. The summed E-state index contributed by atoms with van der Waals surface area (Å²) in [7, 11) is 3.21. The average molecular weight is 370 g/mol. The normalized spacial score (nSPS) is 14.8. The quantitative estimate of drug-likeness (QED) is 0.455. The lowest BCUT2D eigenvalue weighted by Gasteiger charge is -2.36. The molecule has 0 atom stereocenters. The molecule has 3 rings (SSSR count). The first-order chi connectivity index (χ1) is 13.2. The van der Waals surface area contributed by atoms with Gasteiger partial charge in [-0.2, -0.15) is 5.26 Å². The summed E-state index contributed by atoms with van der Waals surface area (Å²) in [6.45, 7) is 5.14. The molecule has 1 fully saturated rings. The van der Waals surface area contributed by atoms with Crippen molar-refractivity contribution in [2.75, 3.05) is 51.9 Å². The molecular weight excluding hydrogens is 348 g/mol. The van der Waals surface area contributed by atoms with E-state index in [0.29, 0.717) is 37.2 Å². The van der Waals surface area contributed by atoms with E-state index >= 15 is 0 Å². The van der Waals surface area contributed by atoms with Gasteiger partial charge in [-0.3, -0.25) is 0 Å². The fourth-order valence-corrected chi connectivity index (χ4v) is 3.10. The lowest BCUT2D eigenvalue weighted by atomic mass is 10.2. The Morgan fingerprint density at radius 1 is 1.15 bits per heavy atom. The Hall–Kier alpha value is -3.28. The van der Waals surface area contributed by atoms with Crippen molar-refractivity contribution in [3.05, 3.63) is 18.5 Å². The number of aromatic nitrogens is 2. The molecule has 142 valence electrons. The summed E-state index contributed by atoms with van der Waals surface area (Å²) in [5.74, 6) is 2.11. The SMILES string of the molecule is CCOC(=NC#N)N1CCN(c2ncnc3cc(OC)c(OC)cc23)CC1. The summed E-state index contributed by atoms with van der Waals surface area (Å²) in [5.41, 5.74) is 0.793. The zero-order valence-electron chi connectivity index (χ0n) is 15.7. The largest absolute Gasteiger partial charge is 0.493 e. The van der Waals surface area contributed by atoms with E-state index < -0.39 is 0 Å². The minimum absolute atomic E-state index is 0.374. The van der Waals surface area contributed by atoms with Gasteiger partial charge in [0.25, 0.3) is 0 Å². The van der Waals surface area contributed by atoms with Gasteiger partial charge in [0.15, 0.2) is 11.5 Å². The zero-order chi connectivity index (χ0) is 19.2. The number of nitrogens with zero attached hydrogens (tertiary/aromatic N) is 6. The van der Waals surface area contributed by atoms with E-state index in [1.165, 1.54) is 0 Å². The summed E-state index contributed by atoms with van der Waals surface area (Å²) in [5, 5.41) is 9.74. The lowest BCUT2D eigenvalue weighted by molar-refractivity contribution is 0.236. The molecule has 0 N–H and O–H groups in total. The van der Waals surface area contributed by atoms with E-state index in [2.05, 4.69) is 19.9 Å². The highest BCUT2D eigenvalue weighted by Gasteiger charge is 2.23. The number of ether oxygens (including phenoxy) is 3. The van der Waals surface area contributed by atoms with Gasteiger partial charge in [0.2, 0.25) is 6.19 Å². The smallest absolute Gasteiger partial charge is 0.302 e. The highest BCUT2D eigenvalue weighted by Crippen LogP contribution is 2.34. The van der Waals surface area contributed by atoms with Crippen molar-refractivity contribution in [2.45, 2.75) is 6.92 Å². The molecule has 0 spiro atoms. The van der Waals surface area contributed by atoms with Crippen LogP contribution in [0.4, 0.5) is 5.82 Å². The first kappa shape index (κ1) is 18.5. The first-order valence-corrected chi connectivity index (χ1v) is 8.68. The van der Waals surface area contributed by atoms with Crippen molar-refractivity contribution in [3.8, 4) is 17.7 Å². The second-order valence-electron chi connectivity index (χ2n) is 5.82. The highest BCUT2D eigenvalue weighted by atomic mass is 16.5. The molecule has 9 heteroatoms. The van der Waals surface area contributed by atoms with E-state index in [0.717, 1.165) is 29.8 Å². The van der Waals surface area contributed by atoms with Crippen LogP contribution >= 0.6 is 0 Å². The summed E-state index contributed by atoms with van der Waals surface area (Å²) in [6.07, 6.45) is 3.36. The molecule has 9 nitrogen and oxygen atoms in total. The number of rotatable bonds is 4. The van der Waals surface area contributed by atoms with Crippen LogP contribution in [0.25, 0.3) is 10.9 Å². The molecular formula is C18H22N6O3. The molecule has 0 bridgehead atoms. The van der Waals surface area contributed by atoms with Gasteiger partial charge in [-0.25, -0.2) is 9.97 Å². The third kappa shape index (κ3) is 3.79. The number of nitriles is 1. The molecule has 1 aromatic carbocycles. The molecule has 2 aromatic rings. The predicted molar refractivity (Wildman–Crippen MR) is 101 cm³/mol. The number of amidine groups is 1. The van der Waals surface area contributed by atoms with Crippen LogP contribution in [0.5, 0.6) is 11.5 Å². The standard InChI is InChI=1S/C18H22N6O3/c1-4-27-18(20-11-19)24-7-5-23(6-8-24)17-13-9-15(25-2)16(26-3)10-14(13)21-12-22-17/h9-10,12H,4-8H2,1-3H3. The van der Waals surface area contributed by atoms with E-state index in [1.807, 2.05) is 24.0 Å². The van der Waals surface area contributed by atoms with Crippen molar-refractivity contribution in [1.29, 1.82) is 5.26 Å². The fourth-order valence-electron chi connectivity index (χ4n) is 3.10. The van der Waals surface area contributed by atoms with Crippen LogP contribution in [0.1, 0.15) is 6.92 Å². The minimum Gasteiger partial charge on any atom is -0.493 e. The molecule has 0 radical (unpaired) electrons. The van der Waals surface area contributed by atoms with Crippen molar-refractivity contribution in [2.24, 2.45) is 4.99 Å². The van der Waals surface area contributed by atoms with Crippen molar-refractivity contribution < 1.29 is 14.2 Å².